The average molecular weight is 778 g/mol. The number of carbonyl (C=O) groups is 1. The third-order valence-corrected chi connectivity index (χ3v) is 13.0. The summed E-state index contributed by atoms with van der Waals surface area (Å²) < 4.78 is 20.0. The number of hydrogen-bond donors (Lipinski definition) is 3. The van der Waals surface area contributed by atoms with E-state index in [2.05, 4.69) is 18.0 Å². The number of oxime groups is 1. The number of carbonyl (C=O) groups excluding carboxylic acids is 1. The smallest absolute Gasteiger partial charge is 0.412 e. The molecule has 0 bridgehead atoms. The third-order valence-electron chi connectivity index (χ3n) is 11.4. The second-order valence-electron chi connectivity index (χ2n) is 14.9. The molecule has 0 radical (unpaired) electrons. The Balaban J connectivity index is 1.49. The van der Waals surface area contributed by atoms with E-state index < -0.39 is 16.8 Å². The summed E-state index contributed by atoms with van der Waals surface area (Å²) in [5.41, 5.74) is 3.56. The molecule has 0 unspecified atom stereocenters. The molecule has 2 saturated carbocycles. The summed E-state index contributed by atoms with van der Waals surface area (Å²) in [6.45, 7) is 6.94. The molecule has 12 nitrogen and oxygen atoms in total. The first-order valence-corrected chi connectivity index (χ1v) is 20.8. The van der Waals surface area contributed by atoms with Crippen molar-refractivity contribution in [2.75, 3.05) is 26.4 Å². The molecule has 0 aromatic heterocycles. The van der Waals surface area contributed by atoms with E-state index in [9.17, 15) is 25.1 Å². The van der Waals surface area contributed by atoms with Crippen LogP contribution in [0.25, 0.3) is 0 Å². The molecule has 0 spiro atoms. The molecule has 55 heavy (non-hydrogen) atoms. The van der Waals surface area contributed by atoms with E-state index in [0.29, 0.717) is 42.6 Å². The van der Waals surface area contributed by atoms with Gasteiger partial charge in [-0.15, -0.1) is 18.3 Å². The van der Waals surface area contributed by atoms with Gasteiger partial charge in [-0.1, -0.05) is 43.0 Å². The molecule has 2 aromatic rings. The number of non-ortho nitro benzene ring substituents is 1. The molecule has 298 valence electrons. The summed E-state index contributed by atoms with van der Waals surface area (Å²) in [7, 11) is 0. The maximum atomic E-state index is 12.6. The minimum Gasteiger partial charge on any atom is -0.460 e. The summed E-state index contributed by atoms with van der Waals surface area (Å²) in [4.78, 5) is 29.5. The zero-order valence-electron chi connectivity index (χ0n) is 31.7. The number of hydrogen-bond acceptors (Lipinski definition) is 11. The minimum absolute atomic E-state index is 0.0151. The lowest BCUT2D eigenvalue weighted by Gasteiger charge is -2.58. The molecule has 2 aromatic carbocycles. The predicted molar refractivity (Wildman–Crippen MR) is 212 cm³/mol. The normalized spacial score (nSPS) is 26.3. The molecule has 1 aliphatic heterocycles. The summed E-state index contributed by atoms with van der Waals surface area (Å²) in [5, 5.41) is 38.7. The highest BCUT2D eigenvalue weighted by Gasteiger charge is 2.64. The third kappa shape index (κ3) is 9.39. The summed E-state index contributed by atoms with van der Waals surface area (Å²) >= 11 is 1.92. The van der Waals surface area contributed by atoms with Crippen molar-refractivity contribution in [3.05, 3.63) is 88.0 Å². The van der Waals surface area contributed by atoms with Crippen LogP contribution < -0.4 is 14.8 Å². The van der Waals surface area contributed by atoms with E-state index in [4.69, 9.17) is 24.2 Å². The molecule has 3 N–H and O–H groups in total. The number of unbranched alkanes of at least 4 members (excludes halogenated alkanes) is 2. The molecule has 2 fully saturated rings. The van der Waals surface area contributed by atoms with Crippen molar-refractivity contribution in [2.45, 2.75) is 106 Å². The highest BCUT2D eigenvalue weighted by atomic mass is 32.2. The lowest BCUT2D eigenvalue weighted by molar-refractivity contribution is -0.384. The number of benzene rings is 2. The summed E-state index contributed by atoms with van der Waals surface area (Å²) in [6, 6.07) is 11.9. The van der Waals surface area contributed by atoms with E-state index in [1.165, 1.54) is 25.0 Å². The van der Waals surface area contributed by atoms with Gasteiger partial charge >= 0.3 is 6.09 Å². The highest BCUT2D eigenvalue weighted by molar-refractivity contribution is 8.00. The number of nitro groups is 1. The number of nitro benzene ring substituents is 1. The molecule has 13 heteroatoms. The fraction of sp³-hybridized carbons (Fsp3) is 0.571. The first kappa shape index (κ1) is 40.7. The van der Waals surface area contributed by atoms with Crippen LogP contribution in [0.4, 0.5) is 10.5 Å². The van der Waals surface area contributed by atoms with Crippen molar-refractivity contribution in [3.63, 3.8) is 0 Å². The van der Waals surface area contributed by atoms with Gasteiger partial charge in [-0.25, -0.2) is 4.79 Å². The fourth-order valence-corrected chi connectivity index (χ4v) is 10.7. The number of fused-ring (bicyclic) bond motifs is 2. The van der Waals surface area contributed by atoms with Crippen molar-refractivity contribution in [1.29, 1.82) is 0 Å². The highest BCUT2D eigenvalue weighted by Crippen LogP contribution is 2.63. The van der Waals surface area contributed by atoms with E-state index >= 15 is 0 Å². The van der Waals surface area contributed by atoms with Gasteiger partial charge in [0.1, 0.15) is 18.1 Å². The SMILES string of the molecule is C=CCO[C@@]12Oc3ccc(OC(=O)NCC)cc3[C@H]3[C@H](CCCCO)[C@@H](CCCCO)C=C(C(=NOCc4ccc([N+](=O)[O-])cc4)C[C@@H]1SC1CCCC1)[C@H]32. The van der Waals surface area contributed by atoms with Crippen LogP contribution in [-0.2, 0) is 16.2 Å². The number of nitrogens with zero attached hydrogens (tertiary/aromatic N) is 2. The molecular weight excluding hydrogens is 723 g/mol. The van der Waals surface area contributed by atoms with Gasteiger partial charge in [0.15, 0.2) is 0 Å². The van der Waals surface area contributed by atoms with Crippen LogP contribution in [0.1, 0.15) is 94.6 Å². The first-order valence-electron chi connectivity index (χ1n) is 19.9. The molecule has 1 amide bonds. The Morgan fingerprint density at radius 3 is 2.55 bits per heavy atom. The van der Waals surface area contributed by atoms with Crippen LogP contribution in [0.5, 0.6) is 11.5 Å². The van der Waals surface area contributed by atoms with Crippen LogP contribution in [0.15, 0.2) is 71.9 Å². The first-order chi connectivity index (χ1) is 26.8. The fourth-order valence-electron chi connectivity index (χ4n) is 8.95. The Labute approximate surface area is 327 Å². The van der Waals surface area contributed by atoms with Crippen LogP contribution in [-0.4, -0.2) is 69.6 Å². The van der Waals surface area contributed by atoms with Gasteiger partial charge in [-0.2, -0.15) is 0 Å². The van der Waals surface area contributed by atoms with Gasteiger partial charge in [0.2, 0.25) is 5.79 Å². The van der Waals surface area contributed by atoms with Crippen molar-refractivity contribution in [2.24, 2.45) is 22.9 Å². The number of amides is 1. The Hall–Kier alpha value is -3.91. The Bertz CT molecular complexity index is 1700. The lowest BCUT2D eigenvalue weighted by atomic mass is 9.56. The quantitative estimate of drug-likeness (QED) is 0.0549. The molecule has 6 atom stereocenters. The second kappa shape index (κ2) is 19.3. The van der Waals surface area contributed by atoms with Crippen molar-refractivity contribution in [1.82, 2.24) is 5.32 Å². The maximum Gasteiger partial charge on any atom is 0.412 e. The molecule has 3 aliphatic carbocycles. The van der Waals surface area contributed by atoms with E-state index in [0.717, 1.165) is 60.9 Å². The van der Waals surface area contributed by atoms with E-state index in [1.54, 1.807) is 24.3 Å². The van der Waals surface area contributed by atoms with Crippen LogP contribution >= 0.6 is 11.8 Å². The van der Waals surface area contributed by atoms with Gasteiger partial charge in [0, 0.05) is 55.0 Å². The number of aliphatic hydroxyl groups is 2. The topological polar surface area (TPSA) is 162 Å². The predicted octanol–water partition coefficient (Wildman–Crippen LogP) is 8.21. The Kier molecular flexibility index (Phi) is 14.3. The number of thioether (sulfide) groups is 1. The van der Waals surface area contributed by atoms with Gasteiger partial charge in [-0.05, 0) is 98.8 Å². The second-order valence-corrected chi connectivity index (χ2v) is 16.4. The zero-order valence-corrected chi connectivity index (χ0v) is 32.6. The largest absolute Gasteiger partial charge is 0.460 e. The average Bonchev–Trinajstić information content (AvgIpc) is 3.70. The summed E-state index contributed by atoms with van der Waals surface area (Å²) in [5.74, 6) is -0.165. The number of nitrogens with one attached hydrogen (secondary N) is 1. The van der Waals surface area contributed by atoms with Crippen LogP contribution in [0.2, 0.25) is 0 Å². The molecular formula is C42H55N3O9S. The van der Waals surface area contributed by atoms with Crippen LogP contribution in [0.3, 0.4) is 0 Å². The number of ether oxygens (including phenoxy) is 3. The van der Waals surface area contributed by atoms with Crippen molar-refractivity contribution < 1.29 is 39.0 Å². The molecule has 4 aliphatic rings. The number of rotatable bonds is 19. The maximum absolute atomic E-state index is 12.6. The zero-order chi connectivity index (χ0) is 38.8. The Morgan fingerprint density at radius 2 is 1.85 bits per heavy atom. The van der Waals surface area contributed by atoms with E-state index in [-0.39, 0.29) is 61.0 Å². The molecule has 6 rings (SSSR count). The lowest BCUT2D eigenvalue weighted by Crippen LogP contribution is -2.64. The van der Waals surface area contributed by atoms with E-state index in [1.807, 2.05) is 30.8 Å². The molecule has 1 heterocycles. The van der Waals surface area contributed by atoms with Gasteiger partial charge < -0.3 is 34.6 Å². The van der Waals surface area contributed by atoms with Gasteiger partial charge in [0.05, 0.1) is 28.4 Å². The van der Waals surface area contributed by atoms with Crippen molar-refractivity contribution in [3.8, 4) is 11.5 Å². The number of aliphatic hydroxyl groups excluding tert-OH is 2. The van der Waals surface area contributed by atoms with Gasteiger partial charge in [-0.3, -0.25) is 10.1 Å². The monoisotopic (exact) mass is 777 g/mol. The Morgan fingerprint density at radius 1 is 1.11 bits per heavy atom. The summed E-state index contributed by atoms with van der Waals surface area (Å²) in [6.07, 6.45) is 13.5. The van der Waals surface area contributed by atoms with Crippen LogP contribution in [0, 0.1) is 27.9 Å². The number of allylic oxidation sites excluding steroid dienone is 1. The standard InChI is InChI=1S/C42H55N3O9S/c1-3-23-51-42-38(55-32-12-5-6-13-32)26-36(44-52-27-28-15-17-30(18-16-28)45(49)50)34-24-29(11-7-9-21-46)33(14-8-10-22-47)39(40(34)42)35-25-31(19-20-37(35)54-42)53-41(48)43-4-2/h3,15-20,24-25,29,32-33,38-40,46-47H,1,4-14,21-23,26-27H2,2H3,(H,43,48)/t29-,33+,38-,39+,40+,42+/m0/s1. The minimum atomic E-state index is -1.07. The van der Waals surface area contributed by atoms with Crippen molar-refractivity contribution >= 4 is 29.3 Å². The van der Waals surface area contributed by atoms with Gasteiger partial charge in [0.25, 0.3) is 5.69 Å². The molecule has 0 saturated heterocycles.